The molecule has 0 heterocycles. The van der Waals surface area contributed by atoms with Gasteiger partial charge in [0.15, 0.2) is 0 Å². The number of carbonyl (C=O) groups excluding carboxylic acids is 1. The molecular formula is C15H29N3O. The van der Waals surface area contributed by atoms with E-state index < -0.39 is 0 Å². The van der Waals surface area contributed by atoms with Gasteiger partial charge in [-0.05, 0) is 58.5 Å². The molecule has 1 amide bonds. The first-order chi connectivity index (χ1) is 8.94. The third-order valence-corrected chi connectivity index (χ3v) is 5.40. The summed E-state index contributed by atoms with van der Waals surface area (Å²) >= 11 is 0. The van der Waals surface area contributed by atoms with Gasteiger partial charge >= 0.3 is 0 Å². The maximum Gasteiger partial charge on any atom is 0.223 e. The van der Waals surface area contributed by atoms with Gasteiger partial charge in [-0.2, -0.15) is 0 Å². The zero-order chi connectivity index (χ0) is 14.0. The van der Waals surface area contributed by atoms with Gasteiger partial charge in [0.05, 0.1) is 0 Å². The van der Waals surface area contributed by atoms with Crippen LogP contribution in [-0.2, 0) is 4.79 Å². The Kier molecular flexibility index (Phi) is 4.51. The van der Waals surface area contributed by atoms with Gasteiger partial charge < -0.3 is 16.0 Å². The van der Waals surface area contributed by atoms with Crippen molar-refractivity contribution in [2.45, 2.75) is 57.0 Å². The highest BCUT2D eigenvalue weighted by molar-refractivity contribution is 5.79. The Morgan fingerprint density at radius 2 is 2.05 bits per heavy atom. The minimum atomic E-state index is 0.114. The van der Waals surface area contributed by atoms with Crippen molar-refractivity contribution in [2.75, 3.05) is 20.6 Å². The van der Waals surface area contributed by atoms with Crippen LogP contribution in [0.15, 0.2) is 0 Å². The minimum absolute atomic E-state index is 0.114. The molecule has 0 aromatic carbocycles. The second-order valence-corrected chi connectivity index (χ2v) is 6.85. The maximum atomic E-state index is 12.4. The summed E-state index contributed by atoms with van der Waals surface area (Å²) in [4.78, 5) is 14.6. The molecular weight excluding hydrogens is 238 g/mol. The quantitative estimate of drug-likeness (QED) is 0.808. The van der Waals surface area contributed by atoms with Crippen molar-refractivity contribution in [3.8, 4) is 0 Å². The number of rotatable bonds is 4. The lowest BCUT2D eigenvalue weighted by atomic mass is 9.75. The number of hydrogen-bond donors (Lipinski definition) is 2. The van der Waals surface area contributed by atoms with E-state index >= 15 is 0 Å². The molecule has 0 bridgehead atoms. The molecule has 0 spiro atoms. The molecule has 3 N–H and O–H groups in total. The highest BCUT2D eigenvalue weighted by Gasteiger charge is 2.40. The molecule has 0 saturated heterocycles. The lowest BCUT2D eigenvalue weighted by molar-refractivity contribution is -0.128. The van der Waals surface area contributed by atoms with E-state index in [0.717, 1.165) is 25.8 Å². The monoisotopic (exact) mass is 267 g/mol. The first kappa shape index (κ1) is 14.8. The highest BCUT2D eigenvalue weighted by Crippen LogP contribution is 2.36. The molecule has 2 aliphatic carbocycles. The number of likely N-dealkylation sites (N-methyl/N-ethyl adjacent to an activating group) is 1. The van der Waals surface area contributed by atoms with E-state index in [9.17, 15) is 4.79 Å². The molecule has 0 aromatic rings. The summed E-state index contributed by atoms with van der Waals surface area (Å²) in [6, 6.07) is 0.207. The van der Waals surface area contributed by atoms with Crippen LogP contribution in [0, 0.1) is 11.8 Å². The number of nitrogens with two attached hydrogens (primary N) is 1. The van der Waals surface area contributed by atoms with Crippen molar-refractivity contribution in [1.29, 1.82) is 0 Å². The van der Waals surface area contributed by atoms with E-state index in [2.05, 4.69) is 31.2 Å². The summed E-state index contributed by atoms with van der Waals surface area (Å²) in [6.45, 7) is 2.97. The summed E-state index contributed by atoms with van der Waals surface area (Å²) in [5, 5.41) is 3.19. The SMILES string of the molecule is CC1CCC(N)CC1C(=O)NCC1(N(C)C)CCC1. The summed E-state index contributed by atoms with van der Waals surface area (Å²) in [5.41, 5.74) is 6.21. The van der Waals surface area contributed by atoms with Gasteiger partial charge in [0.1, 0.15) is 0 Å². The molecule has 4 heteroatoms. The zero-order valence-electron chi connectivity index (χ0n) is 12.6. The Bertz CT molecular complexity index is 325. The number of nitrogens with zero attached hydrogens (tertiary/aromatic N) is 1. The Morgan fingerprint density at radius 3 is 2.58 bits per heavy atom. The van der Waals surface area contributed by atoms with Crippen LogP contribution in [0.2, 0.25) is 0 Å². The molecule has 3 unspecified atom stereocenters. The van der Waals surface area contributed by atoms with Crippen molar-refractivity contribution in [3.05, 3.63) is 0 Å². The molecule has 0 aromatic heterocycles. The van der Waals surface area contributed by atoms with Gasteiger partial charge in [0.2, 0.25) is 5.91 Å². The van der Waals surface area contributed by atoms with Crippen LogP contribution in [0.3, 0.4) is 0 Å². The summed E-state index contributed by atoms with van der Waals surface area (Å²) in [6.07, 6.45) is 6.66. The van der Waals surface area contributed by atoms with E-state index in [1.165, 1.54) is 19.3 Å². The molecule has 110 valence electrons. The molecule has 2 fully saturated rings. The topological polar surface area (TPSA) is 58.4 Å². The Hall–Kier alpha value is -0.610. The maximum absolute atomic E-state index is 12.4. The van der Waals surface area contributed by atoms with Crippen LogP contribution < -0.4 is 11.1 Å². The molecule has 19 heavy (non-hydrogen) atoms. The largest absolute Gasteiger partial charge is 0.354 e. The fraction of sp³-hybridized carbons (Fsp3) is 0.933. The first-order valence-electron chi connectivity index (χ1n) is 7.65. The Morgan fingerprint density at radius 1 is 1.37 bits per heavy atom. The van der Waals surface area contributed by atoms with Gasteiger partial charge in [-0.25, -0.2) is 0 Å². The minimum Gasteiger partial charge on any atom is -0.354 e. The summed E-state index contributed by atoms with van der Waals surface area (Å²) < 4.78 is 0. The van der Waals surface area contributed by atoms with Crippen LogP contribution in [0.4, 0.5) is 0 Å². The molecule has 2 rings (SSSR count). The predicted octanol–water partition coefficient (Wildman–Crippen LogP) is 1.35. The second kappa shape index (κ2) is 5.80. The predicted molar refractivity (Wildman–Crippen MR) is 77.8 cm³/mol. The second-order valence-electron chi connectivity index (χ2n) is 6.85. The summed E-state index contributed by atoms with van der Waals surface area (Å²) in [5.74, 6) is 0.801. The molecule has 3 atom stereocenters. The molecule has 4 nitrogen and oxygen atoms in total. The lowest BCUT2D eigenvalue weighted by Gasteiger charge is -2.47. The number of amides is 1. The Labute approximate surface area is 117 Å². The number of nitrogens with one attached hydrogen (secondary N) is 1. The first-order valence-corrected chi connectivity index (χ1v) is 7.65. The fourth-order valence-corrected chi connectivity index (χ4v) is 3.47. The van der Waals surface area contributed by atoms with Crippen LogP contribution in [-0.4, -0.2) is 43.0 Å². The van der Waals surface area contributed by atoms with Gasteiger partial charge in [-0.3, -0.25) is 4.79 Å². The van der Waals surface area contributed by atoms with E-state index in [4.69, 9.17) is 5.73 Å². The third-order valence-electron chi connectivity index (χ3n) is 5.40. The summed E-state index contributed by atoms with van der Waals surface area (Å²) in [7, 11) is 4.23. The van der Waals surface area contributed by atoms with E-state index in [0.29, 0.717) is 5.92 Å². The van der Waals surface area contributed by atoms with E-state index in [-0.39, 0.29) is 23.4 Å². The van der Waals surface area contributed by atoms with E-state index in [1.807, 2.05) is 0 Å². The van der Waals surface area contributed by atoms with Gasteiger partial charge in [-0.1, -0.05) is 6.92 Å². The standard InChI is InChI=1S/C15H29N3O/c1-11-5-6-12(16)9-13(11)14(19)17-10-15(18(2)3)7-4-8-15/h11-13H,4-10,16H2,1-3H3,(H,17,19). The van der Waals surface area contributed by atoms with Crippen molar-refractivity contribution in [3.63, 3.8) is 0 Å². The van der Waals surface area contributed by atoms with Crippen molar-refractivity contribution in [1.82, 2.24) is 10.2 Å². The van der Waals surface area contributed by atoms with Crippen molar-refractivity contribution >= 4 is 5.91 Å². The zero-order valence-corrected chi connectivity index (χ0v) is 12.6. The number of hydrogen-bond acceptors (Lipinski definition) is 3. The molecule has 0 radical (unpaired) electrons. The van der Waals surface area contributed by atoms with Crippen molar-refractivity contribution < 1.29 is 4.79 Å². The molecule has 2 aliphatic rings. The van der Waals surface area contributed by atoms with Crippen LogP contribution >= 0.6 is 0 Å². The van der Waals surface area contributed by atoms with Gasteiger partial charge in [0, 0.05) is 24.0 Å². The van der Waals surface area contributed by atoms with Gasteiger partial charge in [0.25, 0.3) is 0 Å². The third kappa shape index (κ3) is 3.11. The Balaban J connectivity index is 1.86. The molecule has 2 saturated carbocycles. The van der Waals surface area contributed by atoms with Crippen LogP contribution in [0.5, 0.6) is 0 Å². The van der Waals surface area contributed by atoms with Gasteiger partial charge in [-0.15, -0.1) is 0 Å². The normalized spacial score (nSPS) is 33.8. The molecule has 0 aliphatic heterocycles. The van der Waals surface area contributed by atoms with Crippen molar-refractivity contribution in [2.24, 2.45) is 17.6 Å². The van der Waals surface area contributed by atoms with Crippen LogP contribution in [0.25, 0.3) is 0 Å². The average Bonchev–Trinajstić information content (AvgIpc) is 2.30. The fourth-order valence-electron chi connectivity index (χ4n) is 3.47. The number of carbonyl (C=O) groups is 1. The smallest absolute Gasteiger partial charge is 0.223 e. The highest BCUT2D eigenvalue weighted by atomic mass is 16.1. The van der Waals surface area contributed by atoms with Crippen LogP contribution in [0.1, 0.15) is 45.4 Å². The average molecular weight is 267 g/mol. The van der Waals surface area contributed by atoms with E-state index in [1.54, 1.807) is 0 Å². The lowest BCUT2D eigenvalue weighted by Crippen LogP contribution is -2.58.